The number of rotatable bonds is 7. The first-order valence-electron chi connectivity index (χ1n) is 8.39. The molecule has 0 saturated heterocycles. The van der Waals surface area contributed by atoms with E-state index < -0.39 is 0 Å². The van der Waals surface area contributed by atoms with Crippen molar-refractivity contribution in [1.29, 1.82) is 0 Å². The van der Waals surface area contributed by atoms with Crippen LogP contribution >= 0.6 is 0 Å². The Morgan fingerprint density at radius 1 is 1.35 bits per heavy atom. The Kier molecular flexibility index (Phi) is 6.86. The van der Waals surface area contributed by atoms with E-state index in [4.69, 9.17) is 4.74 Å². The van der Waals surface area contributed by atoms with Crippen LogP contribution in [0, 0.1) is 5.92 Å². The summed E-state index contributed by atoms with van der Waals surface area (Å²) in [6, 6.07) is 7.34. The van der Waals surface area contributed by atoms with E-state index >= 15 is 0 Å². The molecular formula is C18H28N2O3. The molecule has 2 atom stereocenters. The predicted molar refractivity (Wildman–Crippen MR) is 90.8 cm³/mol. The Balaban J connectivity index is 1.88. The van der Waals surface area contributed by atoms with E-state index in [-0.39, 0.29) is 12.0 Å². The van der Waals surface area contributed by atoms with Gasteiger partial charge in [-0.15, -0.1) is 0 Å². The van der Waals surface area contributed by atoms with Crippen molar-refractivity contribution in [3.8, 4) is 5.75 Å². The van der Waals surface area contributed by atoms with Gasteiger partial charge in [0.05, 0.1) is 11.7 Å². The molecular weight excluding hydrogens is 292 g/mol. The van der Waals surface area contributed by atoms with Gasteiger partial charge >= 0.3 is 0 Å². The molecule has 0 bridgehead atoms. The molecule has 0 spiro atoms. The summed E-state index contributed by atoms with van der Waals surface area (Å²) in [7, 11) is 3.97. The summed E-state index contributed by atoms with van der Waals surface area (Å²) in [5.41, 5.74) is 0.572. The van der Waals surface area contributed by atoms with Gasteiger partial charge in [0.25, 0.3) is 5.91 Å². The molecule has 1 fully saturated rings. The molecule has 0 radical (unpaired) electrons. The van der Waals surface area contributed by atoms with Gasteiger partial charge in [-0.3, -0.25) is 4.79 Å². The molecule has 1 aromatic rings. The molecule has 1 saturated carbocycles. The Morgan fingerprint density at radius 2 is 2.13 bits per heavy atom. The highest BCUT2D eigenvalue weighted by Gasteiger charge is 2.21. The molecule has 0 heterocycles. The van der Waals surface area contributed by atoms with Crippen molar-refractivity contribution in [3.05, 3.63) is 29.8 Å². The van der Waals surface area contributed by atoms with E-state index in [0.29, 0.717) is 30.4 Å². The average Bonchev–Trinajstić information content (AvgIpc) is 2.53. The summed E-state index contributed by atoms with van der Waals surface area (Å²) >= 11 is 0. The Bertz CT molecular complexity index is 505. The van der Waals surface area contributed by atoms with Gasteiger partial charge in [-0.05, 0) is 51.4 Å². The second kappa shape index (κ2) is 8.89. The minimum Gasteiger partial charge on any atom is -0.491 e. The maximum absolute atomic E-state index is 12.4. The number of likely N-dealkylation sites (N-methyl/N-ethyl adjacent to an activating group) is 1. The largest absolute Gasteiger partial charge is 0.491 e. The molecule has 5 heteroatoms. The molecule has 0 aromatic heterocycles. The molecule has 1 amide bonds. The SMILES string of the molecule is CN(C)CCOc1ccccc1C(=O)NCC1CCCC(O)C1. The average molecular weight is 320 g/mol. The predicted octanol–water partition coefficient (Wildman–Crippen LogP) is 1.91. The van der Waals surface area contributed by atoms with E-state index in [1.807, 2.05) is 37.2 Å². The van der Waals surface area contributed by atoms with Crippen LogP contribution in [0.25, 0.3) is 0 Å². The van der Waals surface area contributed by atoms with Crippen molar-refractivity contribution >= 4 is 5.91 Å². The molecule has 2 rings (SSSR count). The van der Waals surface area contributed by atoms with Crippen molar-refractivity contribution in [2.24, 2.45) is 5.92 Å². The van der Waals surface area contributed by atoms with Crippen molar-refractivity contribution in [1.82, 2.24) is 10.2 Å². The number of nitrogens with zero attached hydrogens (tertiary/aromatic N) is 1. The fourth-order valence-electron chi connectivity index (χ4n) is 2.90. The zero-order valence-electron chi connectivity index (χ0n) is 14.1. The number of amides is 1. The summed E-state index contributed by atoms with van der Waals surface area (Å²) in [4.78, 5) is 14.5. The number of carbonyl (C=O) groups is 1. The molecule has 128 valence electrons. The summed E-state index contributed by atoms with van der Waals surface area (Å²) in [5, 5.41) is 12.7. The third kappa shape index (κ3) is 5.84. The lowest BCUT2D eigenvalue weighted by Crippen LogP contribution is -2.33. The monoisotopic (exact) mass is 320 g/mol. The van der Waals surface area contributed by atoms with Crippen LogP contribution in [0.4, 0.5) is 0 Å². The molecule has 2 unspecified atom stereocenters. The second-order valence-corrected chi connectivity index (χ2v) is 6.54. The maximum Gasteiger partial charge on any atom is 0.255 e. The Morgan fingerprint density at radius 3 is 2.87 bits per heavy atom. The van der Waals surface area contributed by atoms with Crippen LogP contribution in [0.2, 0.25) is 0 Å². The number of para-hydroxylation sites is 1. The molecule has 5 nitrogen and oxygen atoms in total. The fourth-order valence-corrected chi connectivity index (χ4v) is 2.90. The standard InChI is InChI=1S/C18H28N2O3/c1-20(2)10-11-23-17-9-4-3-8-16(17)18(22)19-13-14-6-5-7-15(21)12-14/h3-4,8-9,14-15,21H,5-7,10-13H2,1-2H3,(H,19,22). The first kappa shape index (κ1) is 17.8. The number of carbonyl (C=O) groups excluding carboxylic acids is 1. The quantitative estimate of drug-likeness (QED) is 0.805. The summed E-state index contributed by atoms with van der Waals surface area (Å²) in [5.74, 6) is 0.880. The number of aliphatic hydroxyl groups is 1. The highest BCUT2D eigenvalue weighted by molar-refractivity contribution is 5.96. The van der Waals surface area contributed by atoms with E-state index in [9.17, 15) is 9.90 Å². The van der Waals surface area contributed by atoms with Crippen molar-refractivity contribution in [3.63, 3.8) is 0 Å². The van der Waals surface area contributed by atoms with Gasteiger partial charge in [-0.25, -0.2) is 0 Å². The number of benzene rings is 1. The third-order valence-electron chi connectivity index (χ3n) is 4.23. The van der Waals surface area contributed by atoms with Gasteiger partial charge in [0.15, 0.2) is 0 Å². The van der Waals surface area contributed by atoms with E-state index in [2.05, 4.69) is 5.32 Å². The van der Waals surface area contributed by atoms with Gasteiger partial charge in [0.1, 0.15) is 12.4 Å². The van der Waals surface area contributed by atoms with Crippen LogP contribution in [0.1, 0.15) is 36.0 Å². The van der Waals surface area contributed by atoms with Crippen LogP contribution < -0.4 is 10.1 Å². The molecule has 1 aromatic carbocycles. The second-order valence-electron chi connectivity index (χ2n) is 6.54. The Labute approximate surface area is 138 Å². The molecule has 1 aliphatic rings. The number of nitrogens with one attached hydrogen (secondary N) is 1. The normalized spacial score (nSPS) is 21.2. The zero-order valence-corrected chi connectivity index (χ0v) is 14.1. The van der Waals surface area contributed by atoms with Crippen molar-refractivity contribution < 1.29 is 14.6 Å². The number of aliphatic hydroxyl groups excluding tert-OH is 1. The third-order valence-corrected chi connectivity index (χ3v) is 4.23. The van der Waals surface area contributed by atoms with Crippen molar-refractivity contribution in [2.45, 2.75) is 31.8 Å². The Hall–Kier alpha value is -1.59. The van der Waals surface area contributed by atoms with Gasteiger partial charge in [-0.2, -0.15) is 0 Å². The minimum atomic E-state index is -0.215. The highest BCUT2D eigenvalue weighted by Crippen LogP contribution is 2.24. The summed E-state index contributed by atoms with van der Waals surface area (Å²) < 4.78 is 5.74. The number of hydrogen-bond donors (Lipinski definition) is 2. The van der Waals surface area contributed by atoms with Gasteiger partial charge < -0.3 is 20.1 Å². The first-order chi connectivity index (χ1) is 11.1. The van der Waals surface area contributed by atoms with Crippen LogP contribution in [0.3, 0.4) is 0 Å². The van der Waals surface area contributed by atoms with Crippen LogP contribution in [0.15, 0.2) is 24.3 Å². The summed E-state index contributed by atoms with van der Waals surface area (Å²) in [6.45, 7) is 1.96. The maximum atomic E-state index is 12.4. The lowest BCUT2D eigenvalue weighted by molar-refractivity contribution is 0.0870. The van der Waals surface area contributed by atoms with Gasteiger partial charge in [0, 0.05) is 13.1 Å². The van der Waals surface area contributed by atoms with E-state index in [0.717, 1.165) is 32.2 Å². The molecule has 23 heavy (non-hydrogen) atoms. The summed E-state index contributed by atoms with van der Waals surface area (Å²) in [6.07, 6.45) is 3.55. The van der Waals surface area contributed by atoms with Crippen LogP contribution in [-0.2, 0) is 0 Å². The molecule has 0 aliphatic heterocycles. The van der Waals surface area contributed by atoms with E-state index in [1.165, 1.54) is 0 Å². The number of ether oxygens (including phenoxy) is 1. The minimum absolute atomic E-state index is 0.106. The smallest absolute Gasteiger partial charge is 0.255 e. The van der Waals surface area contributed by atoms with Gasteiger partial charge in [0.2, 0.25) is 0 Å². The first-order valence-corrected chi connectivity index (χ1v) is 8.39. The van der Waals surface area contributed by atoms with Gasteiger partial charge in [-0.1, -0.05) is 18.6 Å². The highest BCUT2D eigenvalue weighted by atomic mass is 16.5. The number of hydrogen-bond acceptors (Lipinski definition) is 4. The van der Waals surface area contributed by atoms with Crippen LogP contribution in [0.5, 0.6) is 5.75 Å². The van der Waals surface area contributed by atoms with Crippen molar-refractivity contribution in [2.75, 3.05) is 33.8 Å². The zero-order chi connectivity index (χ0) is 16.7. The van der Waals surface area contributed by atoms with E-state index in [1.54, 1.807) is 6.07 Å². The fraction of sp³-hybridized carbons (Fsp3) is 0.611. The molecule has 1 aliphatic carbocycles. The topological polar surface area (TPSA) is 61.8 Å². The lowest BCUT2D eigenvalue weighted by atomic mass is 9.87. The van der Waals surface area contributed by atoms with Crippen LogP contribution in [-0.4, -0.2) is 55.8 Å². The molecule has 2 N–H and O–H groups in total. The lowest BCUT2D eigenvalue weighted by Gasteiger charge is -2.26.